The second kappa shape index (κ2) is 9.19. The van der Waals surface area contributed by atoms with Crippen LogP contribution >= 0.6 is 27.7 Å². The van der Waals surface area contributed by atoms with Gasteiger partial charge in [0.2, 0.25) is 5.91 Å². The Labute approximate surface area is 148 Å². The van der Waals surface area contributed by atoms with Crippen LogP contribution in [-0.2, 0) is 4.79 Å². The average molecular weight is 387 g/mol. The van der Waals surface area contributed by atoms with Crippen LogP contribution in [0.2, 0.25) is 0 Å². The monoisotopic (exact) mass is 386 g/mol. The lowest BCUT2D eigenvalue weighted by atomic mass is 10.2. The van der Waals surface area contributed by atoms with Crippen LogP contribution in [0.4, 0.5) is 5.69 Å². The summed E-state index contributed by atoms with van der Waals surface area (Å²) in [6.07, 6.45) is 3.76. The SMILES string of the molecule is N#CCCSc1ccccc1NC(=O)/C=C/c1ccccc1Br. The van der Waals surface area contributed by atoms with Crippen LogP contribution in [0.25, 0.3) is 6.08 Å². The van der Waals surface area contributed by atoms with E-state index < -0.39 is 0 Å². The van der Waals surface area contributed by atoms with Crippen LogP contribution in [0.1, 0.15) is 12.0 Å². The van der Waals surface area contributed by atoms with Gasteiger partial charge in [-0.25, -0.2) is 0 Å². The van der Waals surface area contributed by atoms with Crippen LogP contribution in [-0.4, -0.2) is 11.7 Å². The van der Waals surface area contributed by atoms with Crippen molar-refractivity contribution in [1.82, 2.24) is 0 Å². The molecular formula is C18H15BrN2OS. The molecule has 1 N–H and O–H groups in total. The molecule has 2 aromatic rings. The zero-order valence-electron chi connectivity index (χ0n) is 12.3. The highest BCUT2D eigenvalue weighted by atomic mass is 79.9. The molecule has 0 aliphatic rings. The second-order valence-electron chi connectivity index (χ2n) is 4.60. The molecule has 0 aliphatic carbocycles. The van der Waals surface area contributed by atoms with E-state index in [1.165, 1.54) is 6.08 Å². The average Bonchev–Trinajstić information content (AvgIpc) is 2.56. The van der Waals surface area contributed by atoms with Crippen LogP contribution in [0.3, 0.4) is 0 Å². The van der Waals surface area contributed by atoms with Crippen LogP contribution in [0, 0.1) is 11.3 Å². The molecule has 0 unspecified atom stereocenters. The summed E-state index contributed by atoms with van der Waals surface area (Å²) in [7, 11) is 0. The molecule has 0 atom stereocenters. The first kappa shape index (κ1) is 17.3. The van der Waals surface area contributed by atoms with E-state index in [2.05, 4.69) is 27.3 Å². The number of anilines is 1. The Morgan fingerprint density at radius 3 is 2.74 bits per heavy atom. The lowest BCUT2D eigenvalue weighted by Crippen LogP contribution is -2.08. The number of hydrogen-bond donors (Lipinski definition) is 1. The molecule has 0 heterocycles. The van der Waals surface area contributed by atoms with E-state index in [9.17, 15) is 4.79 Å². The molecule has 0 saturated carbocycles. The van der Waals surface area contributed by atoms with Crippen molar-refractivity contribution >= 4 is 45.4 Å². The molecule has 3 nitrogen and oxygen atoms in total. The number of hydrogen-bond acceptors (Lipinski definition) is 3. The van der Waals surface area contributed by atoms with Gasteiger partial charge in [-0.05, 0) is 29.8 Å². The molecule has 1 amide bonds. The minimum absolute atomic E-state index is 0.186. The molecule has 0 spiro atoms. The van der Waals surface area contributed by atoms with Gasteiger partial charge in [0.15, 0.2) is 0 Å². The number of rotatable bonds is 6. The van der Waals surface area contributed by atoms with Gasteiger partial charge in [0.25, 0.3) is 0 Å². The van der Waals surface area contributed by atoms with Crippen LogP contribution in [0.15, 0.2) is 64.0 Å². The Kier molecular flexibility index (Phi) is 6.92. The summed E-state index contributed by atoms with van der Waals surface area (Å²) in [5, 5.41) is 11.5. The van der Waals surface area contributed by atoms with Crippen LogP contribution < -0.4 is 5.32 Å². The van der Waals surface area contributed by atoms with Gasteiger partial charge < -0.3 is 5.32 Å². The minimum atomic E-state index is -0.186. The molecule has 116 valence electrons. The van der Waals surface area contributed by atoms with E-state index in [4.69, 9.17) is 5.26 Å². The molecule has 0 fully saturated rings. The lowest BCUT2D eigenvalue weighted by molar-refractivity contribution is -0.111. The zero-order valence-corrected chi connectivity index (χ0v) is 14.7. The van der Waals surface area contributed by atoms with Gasteiger partial charge in [-0.15, -0.1) is 11.8 Å². The number of nitrogens with zero attached hydrogens (tertiary/aromatic N) is 1. The summed E-state index contributed by atoms with van der Waals surface area (Å²) in [5.41, 5.74) is 1.71. The molecule has 23 heavy (non-hydrogen) atoms. The van der Waals surface area contributed by atoms with E-state index in [0.717, 1.165) is 20.6 Å². The molecule has 0 aromatic heterocycles. The van der Waals surface area contributed by atoms with Gasteiger partial charge in [0.05, 0.1) is 11.8 Å². The zero-order chi connectivity index (χ0) is 16.5. The number of carbonyl (C=O) groups excluding carboxylic acids is 1. The quantitative estimate of drug-likeness (QED) is 0.426. The molecule has 2 rings (SSSR count). The van der Waals surface area contributed by atoms with Gasteiger partial charge >= 0.3 is 0 Å². The number of benzene rings is 2. The van der Waals surface area contributed by atoms with Crippen molar-refractivity contribution in [3.63, 3.8) is 0 Å². The highest BCUT2D eigenvalue weighted by molar-refractivity contribution is 9.10. The van der Waals surface area contributed by atoms with E-state index in [1.807, 2.05) is 48.5 Å². The number of nitriles is 1. The van der Waals surface area contributed by atoms with Crippen molar-refractivity contribution in [2.45, 2.75) is 11.3 Å². The molecule has 0 bridgehead atoms. The van der Waals surface area contributed by atoms with E-state index in [1.54, 1.807) is 17.8 Å². The van der Waals surface area contributed by atoms with Crippen molar-refractivity contribution in [2.24, 2.45) is 0 Å². The lowest BCUT2D eigenvalue weighted by Gasteiger charge is -2.08. The van der Waals surface area contributed by atoms with Crippen LogP contribution in [0.5, 0.6) is 0 Å². The normalized spacial score (nSPS) is 10.4. The maximum absolute atomic E-state index is 12.1. The second-order valence-corrected chi connectivity index (χ2v) is 6.59. The topological polar surface area (TPSA) is 52.9 Å². The minimum Gasteiger partial charge on any atom is -0.321 e. The Balaban J connectivity index is 2.03. The van der Waals surface area contributed by atoms with Crippen molar-refractivity contribution < 1.29 is 4.79 Å². The Morgan fingerprint density at radius 2 is 1.96 bits per heavy atom. The van der Waals surface area contributed by atoms with Gasteiger partial charge in [-0.1, -0.05) is 46.3 Å². The highest BCUT2D eigenvalue weighted by Crippen LogP contribution is 2.27. The molecule has 0 aliphatic heterocycles. The fourth-order valence-corrected chi connectivity index (χ4v) is 3.13. The highest BCUT2D eigenvalue weighted by Gasteiger charge is 2.05. The van der Waals surface area contributed by atoms with Crippen molar-refractivity contribution in [3.05, 3.63) is 64.6 Å². The van der Waals surface area contributed by atoms with Gasteiger partial charge in [-0.2, -0.15) is 5.26 Å². The largest absolute Gasteiger partial charge is 0.321 e. The van der Waals surface area contributed by atoms with Crippen molar-refractivity contribution in [1.29, 1.82) is 5.26 Å². The summed E-state index contributed by atoms with van der Waals surface area (Å²) in [4.78, 5) is 13.1. The third-order valence-electron chi connectivity index (χ3n) is 2.94. The summed E-state index contributed by atoms with van der Waals surface area (Å²) < 4.78 is 0.941. The van der Waals surface area contributed by atoms with Gasteiger partial charge in [0, 0.05) is 27.6 Å². The Morgan fingerprint density at radius 1 is 1.22 bits per heavy atom. The number of amides is 1. The first-order chi connectivity index (χ1) is 11.2. The van der Waals surface area contributed by atoms with E-state index in [0.29, 0.717) is 12.2 Å². The molecule has 0 saturated heterocycles. The molecule has 0 radical (unpaired) electrons. The first-order valence-corrected chi connectivity index (χ1v) is 8.81. The fraction of sp³-hybridized carbons (Fsp3) is 0.111. The number of nitrogens with one attached hydrogen (secondary N) is 1. The fourth-order valence-electron chi connectivity index (χ4n) is 1.85. The third kappa shape index (κ3) is 5.59. The van der Waals surface area contributed by atoms with E-state index in [-0.39, 0.29) is 5.91 Å². The third-order valence-corrected chi connectivity index (χ3v) is 4.73. The smallest absolute Gasteiger partial charge is 0.248 e. The number of para-hydroxylation sites is 1. The van der Waals surface area contributed by atoms with Crippen molar-refractivity contribution in [2.75, 3.05) is 11.1 Å². The maximum atomic E-state index is 12.1. The van der Waals surface area contributed by atoms with Crippen molar-refractivity contribution in [3.8, 4) is 6.07 Å². The predicted molar refractivity (Wildman–Crippen MR) is 99.2 cm³/mol. The van der Waals surface area contributed by atoms with Gasteiger partial charge in [-0.3, -0.25) is 4.79 Å². The molecule has 5 heteroatoms. The number of carbonyl (C=O) groups is 1. The number of halogens is 1. The number of thioether (sulfide) groups is 1. The molecular weight excluding hydrogens is 372 g/mol. The Bertz CT molecular complexity index is 753. The summed E-state index contributed by atoms with van der Waals surface area (Å²) in [6.45, 7) is 0. The summed E-state index contributed by atoms with van der Waals surface area (Å²) >= 11 is 5.01. The first-order valence-electron chi connectivity index (χ1n) is 7.03. The standard InChI is InChI=1S/C18H15BrN2OS/c19-15-7-2-1-6-14(15)10-11-18(22)21-16-8-3-4-9-17(16)23-13-5-12-20/h1-4,6-11H,5,13H2,(H,21,22)/b11-10+. The Hall–Kier alpha value is -2.03. The van der Waals surface area contributed by atoms with E-state index >= 15 is 0 Å². The maximum Gasteiger partial charge on any atom is 0.248 e. The van der Waals surface area contributed by atoms with Gasteiger partial charge in [0.1, 0.15) is 0 Å². The molecule has 2 aromatic carbocycles. The summed E-state index contributed by atoms with van der Waals surface area (Å²) in [5.74, 6) is 0.519. The summed E-state index contributed by atoms with van der Waals surface area (Å²) in [6, 6.07) is 17.4. The predicted octanol–water partition coefficient (Wildman–Crippen LogP) is 5.11.